The van der Waals surface area contributed by atoms with Gasteiger partial charge in [-0.15, -0.1) is 0 Å². The molecule has 1 heterocycles. The van der Waals surface area contributed by atoms with Crippen LogP contribution < -0.4 is 10.1 Å². The van der Waals surface area contributed by atoms with Crippen molar-refractivity contribution >= 4 is 57.9 Å². The molecule has 0 radical (unpaired) electrons. The highest BCUT2D eigenvalue weighted by Crippen LogP contribution is 2.33. The fraction of sp³-hybridized carbons (Fsp3) is 0.0833. The lowest BCUT2D eigenvalue weighted by Gasteiger charge is -2.10. The number of rotatable bonds is 3. The Kier molecular flexibility index (Phi) is 4.63. The second kappa shape index (κ2) is 6.06. The van der Waals surface area contributed by atoms with Crippen molar-refractivity contribution in [1.82, 2.24) is 4.98 Å². The lowest BCUT2D eigenvalue weighted by Crippen LogP contribution is -1.96. The maximum Gasteiger partial charge on any atom is 0.151 e. The number of nitrogens with zero attached hydrogens (tertiary/aromatic N) is 1. The summed E-state index contributed by atoms with van der Waals surface area (Å²) in [5, 5.41) is 4.31. The number of hydrogen-bond donors (Lipinski definition) is 1. The molecule has 0 aliphatic carbocycles. The Balaban J connectivity index is 2.31. The molecule has 0 saturated heterocycles. The molecule has 0 spiro atoms. The fourth-order valence-electron chi connectivity index (χ4n) is 1.41. The Morgan fingerprint density at radius 1 is 1.00 bits per heavy atom. The first-order valence-electron chi connectivity index (χ1n) is 5.13. The zero-order valence-electron chi connectivity index (χ0n) is 9.68. The summed E-state index contributed by atoms with van der Waals surface area (Å²) in [6.45, 7) is 0. The molecule has 0 amide bonds. The second-order valence-electron chi connectivity index (χ2n) is 3.57. The Hall–Kier alpha value is -0.870. The molecular weight excluding hydrogens is 330 g/mol. The first kappa shape index (κ1) is 14.5. The Labute approximate surface area is 130 Å². The van der Waals surface area contributed by atoms with E-state index < -0.39 is 0 Å². The van der Waals surface area contributed by atoms with Crippen LogP contribution in [-0.2, 0) is 0 Å². The molecule has 100 valence electrons. The maximum absolute atomic E-state index is 6.03. The number of benzene rings is 1. The molecule has 0 saturated carbocycles. The van der Waals surface area contributed by atoms with E-state index in [0.29, 0.717) is 32.3 Å². The second-order valence-corrected chi connectivity index (χ2v) is 5.15. The molecule has 1 N–H and O–H groups in total. The average molecular weight is 338 g/mol. The molecule has 0 aliphatic rings. The van der Waals surface area contributed by atoms with Crippen molar-refractivity contribution < 1.29 is 4.74 Å². The van der Waals surface area contributed by atoms with Crippen LogP contribution >= 0.6 is 46.4 Å². The van der Waals surface area contributed by atoms with Gasteiger partial charge in [0.1, 0.15) is 10.9 Å². The summed E-state index contributed by atoms with van der Waals surface area (Å²) in [7, 11) is 1.55. The van der Waals surface area contributed by atoms with Crippen LogP contribution in [0.4, 0.5) is 11.5 Å². The van der Waals surface area contributed by atoms with Crippen molar-refractivity contribution in [2.45, 2.75) is 0 Å². The standard InChI is InChI=1S/C12H8Cl4N2O/c1-19-10-3-2-6(4-7(10)13)17-12-9(15)5-8(14)11(16)18-12/h2-5H,1H3,(H,17,18). The highest BCUT2D eigenvalue weighted by atomic mass is 35.5. The lowest BCUT2D eigenvalue weighted by molar-refractivity contribution is 0.415. The first-order valence-corrected chi connectivity index (χ1v) is 6.64. The predicted molar refractivity (Wildman–Crippen MR) is 80.6 cm³/mol. The van der Waals surface area contributed by atoms with Gasteiger partial charge >= 0.3 is 0 Å². The van der Waals surface area contributed by atoms with E-state index in [9.17, 15) is 0 Å². The largest absolute Gasteiger partial charge is 0.495 e. The van der Waals surface area contributed by atoms with Crippen LogP contribution in [0.3, 0.4) is 0 Å². The SMILES string of the molecule is COc1ccc(Nc2nc(Cl)c(Cl)cc2Cl)cc1Cl. The zero-order valence-corrected chi connectivity index (χ0v) is 12.7. The summed E-state index contributed by atoms with van der Waals surface area (Å²) >= 11 is 23.7. The van der Waals surface area contributed by atoms with Gasteiger partial charge in [0.05, 0.1) is 22.2 Å². The van der Waals surface area contributed by atoms with Gasteiger partial charge in [0, 0.05) is 5.69 Å². The molecule has 2 aromatic rings. The highest BCUT2D eigenvalue weighted by molar-refractivity contribution is 6.43. The molecule has 1 aromatic heterocycles. The van der Waals surface area contributed by atoms with Gasteiger partial charge in [-0.3, -0.25) is 0 Å². The fourth-order valence-corrected chi connectivity index (χ4v) is 2.22. The topological polar surface area (TPSA) is 34.1 Å². The quantitative estimate of drug-likeness (QED) is 0.756. The molecule has 0 aliphatic heterocycles. The van der Waals surface area contributed by atoms with Crippen molar-refractivity contribution in [3.8, 4) is 5.75 Å². The minimum absolute atomic E-state index is 0.174. The summed E-state index contributed by atoms with van der Waals surface area (Å²) < 4.78 is 5.07. The normalized spacial score (nSPS) is 10.4. The van der Waals surface area contributed by atoms with E-state index in [1.54, 1.807) is 25.3 Å². The monoisotopic (exact) mass is 336 g/mol. The summed E-state index contributed by atoms with van der Waals surface area (Å²) in [6.07, 6.45) is 0. The van der Waals surface area contributed by atoms with Gasteiger partial charge in [0.15, 0.2) is 5.82 Å². The number of hydrogen-bond acceptors (Lipinski definition) is 3. The van der Waals surface area contributed by atoms with Crippen molar-refractivity contribution in [2.24, 2.45) is 0 Å². The van der Waals surface area contributed by atoms with E-state index >= 15 is 0 Å². The van der Waals surface area contributed by atoms with Crippen molar-refractivity contribution in [1.29, 1.82) is 0 Å². The third-order valence-corrected chi connectivity index (χ3v) is 3.56. The van der Waals surface area contributed by atoms with E-state index in [2.05, 4.69) is 10.3 Å². The molecule has 19 heavy (non-hydrogen) atoms. The number of anilines is 2. The zero-order chi connectivity index (χ0) is 14.0. The van der Waals surface area contributed by atoms with Crippen LogP contribution in [0.2, 0.25) is 20.2 Å². The third-order valence-electron chi connectivity index (χ3n) is 2.30. The molecule has 0 unspecified atom stereocenters. The van der Waals surface area contributed by atoms with Gasteiger partial charge in [-0.25, -0.2) is 4.98 Å². The van der Waals surface area contributed by atoms with Gasteiger partial charge in [0.25, 0.3) is 0 Å². The van der Waals surface area contributed by atoms with Crippen LogP contribution in [0, 0.1) is 0 Å². The summed E-state index contributed by atoms with van der Waals surface area (Å²) in [5.41, 5.74) is 0.707. The van der Waals surface area contributed by atoms with E-state index in [-0.39, 0.29) is 5.15 Å². The lowest BCUT2D eigenvalue weighted by atomic mass is 10.3. The van der Waals surface area contributed by atoms with Gasteiger partial charge in [-0.1, -0.05) is 46.4 Å². The number of nitrogens with one attached hydrogen (secondary N) is 1. The Bertz CT molecular complexity index is 619. The number of halogens is 4. The molecule has 0 fully saturated rings. The van der Waals surface area contributed by atoms with E-state index in [0.717, 1.165) is 0 Å². The minimum Gasteiger partial charge on any atom is -0.495 e. The summed E-state index contributed by atoms with van der Waals surface area (Å²) in [6, 6.07) is 6.73. The van der Waals surface area contributed by atoms with Gasteiger partial charge in [0.2, 0.25) is 0 Å². The van der Waals surface area contributed by atoms with Crippen LogP contribution in [0.25, 0.3) is 0 Å². The van der Waals surface area contributed by atoms with Gasteiger partial charge in [-0.05, 0) is 24.3 Å². The molecule has 0 bridgehead atoms. The van der Waals surface area contributed by atoms with E-state index in [1.807, 2.05) is 0 Å². The van der Waals surface area contributed by atoms with Crippen LogP contribution in [0.15, 0.2) is 24.3 Å². The van der Waals surface area contributed by atoms with E-state index in [4.69, 9.17) is 51.1 Å². The van der Waals surface area contributed by atoms with Crippen molar-refractivity contribution in [2.75, 3.05) is 12.4 Å². The van der Waals surface area contributed by atoms with Gasteiger partial charge < -0.3 is 10.1 Å². The summed E-state index contributed by atoms with van der Waals surface area (Å²) in [5.74, 6) is 0.984. The Morgan fingerprint density at radius 3 is 2.37 bits per heavy atom. The number of pyridine rings is 1. The van der Waals surface area contributed by atoms with Crippen LogP contribution in [0.5, 0.6) is 5.75 Å². The number of methoxy groups -OCH3 is 1. The van der Waals surface area contributed by atoms with Crippen LogP contribution in [-0.4, -0.2) is 12.1 Å². The first-order chi connectivity index (χ1) is 9.01. The molecular formula is C12H8Cl4N2O. The molecule has 1 aromatic carbocycles. The third kappa shape index (κ3) is 3.37. The average Bonchev–Trinajstić information content (AvgIpc) is 2.36. The predicted octanol–water partition coefficient (Wildman–Crippen LogP) is 5.45. The van der Waals surface area contributed by atoms with Crippen LogP contribution in [0.1, 0.15) is 0 Å². The Morgan fingerprint density at radius 2 is 1.74 bits per heavy atom. The van der Waals surface area contributed by atoms with Crippen molar-refractivity contribution in [3.05, 3.63) is 44.5 Å². The minimum atomic E-state index is 0.174. The highest BCUT2D eigenvalue weighted by Gasteiger charge is 2.09. The van der Waals surface area contributed by atoms with Crippen molar-refractivity contribution in [3.63, 3.8) is 0 Å². The molecule has 3 nitrogen and oxygen atoms in total. The summed E-state index contributed by atoms with van der Waals surface area (Å²) in [4.78, 5) is 4.06. The molecule has 0 atom stereocenters. The molecule has 2 rings (SSSR count). The number of aromatic nitrogens is 1. The molecule has 7 heteroatoms. The maximum atomic E-state index is 6.03. The number of ether oxygens (including phenoxy) is 1. The van der Waals surface area contributed by atoms with E-state index in [1.165, 1.54) is 6.07 Å². The smallest absolute Gasteiger partial charge is 0.151 e. The van der Waals surface area contributed by atoms with Gasteiger partial charge in [-0.2, -0.15) is 0 Å².